The molecule has 37 heavy (non-hydrogen) atoms. The van der Waals surface area contributed by atoms with Crippen molar-refractivity contribution < 1.29 is 0 Å². The second-order valence-electron chi connectivity index (χ2n) is 11.4. The van der Waals surface area contributed by atoms with Crippen LogP contribution in [0.15, 0.2) is 66.3 Å². The zero-order valence-electron chi connectivity index (χ0n) is 23.4. The summed E-state index contributed by atoms with van der Waals surface area (Å²) in [4.78, 5) is 6.01. The van der Waals surface area contributed by atoms with E-state index in [0.29, 0.717) is 5.92 Å². The predicted octanol–water partition coefficient (Wildman–Crippen LogP) is 6.87. The Kier molecular flexibility index (Phi) is 7.15. The number of hydrogen-bond acceptors (Lipinski definition) is 2. The Balaban J connectivity index is 1.65. The second kappa shape index (κ2) is 10.4. The molecule has 194 valence electrons. The van der Waals surface area contributed by atoms with Crippen molar-refractivity contribution in [3.8, 4) is 0 Å². The molecule has 3 heterocycles. The van der Waals surface area contributed by atoms with Gasteiger partial charge in [-0.25, -0.2) is 0 Å². The molecule has 0 amide bonds. The summed E-state index contributed by atoms with van der Waals surface area (Å²) in [6.45, 7) is 8.90. The summed E-state index contributed by atoms with van der Waals surface area (Å²) in [5.41, 5.74) is 9.49. The number of allylic oxidation sites excluding steroid dienone is 3. The molecular formula is C33H42N4. The van der Waals surface area contributed by atoms with E-state index in [1.807, 2.05) is 7.05 Å². The predicted molar refractivity (Wildman–Crippen MR) is 160 cm³/mol. The van der Waals surface area contributed by atoms with Crippen molar-refractivity contribution in [1.29, 1.82) is 0 Å². The SMILES string of the molecule is CNCCc1c(/C=C/[C@]2(C)C[C@H](C=C(C)C)c3c(CCN(C)C)c4ccccc4n32)[nH]c2ccccc12. The summed E-state index contributed by atoms with van der Waals surface area (Å²) in [6, 6.07) is 17.7. The molecule has 0 spiro atoms. The van der Waals surface area contributed by atoms with E-state index in [-0.39, 0.29) is 5.54 Å². The molecule has 1 aliphatic rings. The molecule has 0 radical (unpaired) electrons. The van der Waals surface area contributed by atoms with Crippen LogP contribution in [0.5, 0.6) is 0 Å². The monoisotopic (exact) mass is 494 g/mol. The van der Waals surface area contributed by atoms with Gasteiger partial charge < -0.3 is 19.8 Å². The molecular weight excluding hydrogens is 452 g/mol. The van der Waals surface area contributed by atoms with Crippen molar-refractivity contribution in [2.45, 2.75) is 51.5 Å². The molecule has 0 fully saturated rings. The lowest BCUT2D eigenvalue weighted by Gasteiger charge is -2.25. The van der Waals surface area contributed by atoms with Gasteiger partial charge in [-0.2, -0.15) is 0 Å². The van der Waals surface area contributed by atoms with Crippen LogP contribution in [0.25, 0.3) is 27.9 Å². The van der Waals surface area contributed by atoms with E-state index < -0.39 is 0 Å². The Hall–Kier alpha value is -3.08. The highest BCUT2D eigenvalue weighted by Gasteiger charge is 2.41. The number of likely N-dealkylation sites (N-methyl/N-ethyl adjacent to an activating group) is 2. The minimum Gasteiger partial charge on any atom is -0.355 e. The number of H-pyrrole nitrogens is 1. The smallest absolute Gasteiger partial charge is 0.0616 e. The first-order valence-electron chi connectivity index (χ1n) is 13.7. The van der Waals surface area contributed by atoms with Crippen LogP contribution in [0.2, 0.25) is 0 Å². The van der Waals surface area contributed by atoms with E-state index in [2.05, 4.69) is 121 Å². The van der Waals surface area contributed by atoms with Gasteiger partial charge in [0.2, 0.25) is 0 Å². The lowest BCUT2D eigenvalue weighted by Crippen LogP contribution is -2.23. The first-order valence-corrected chi connectivity index (χ1v) is 13.7. The van der Waals surface area contributed by atoms with Crippen LogP contribution in [0.1, 0.15) is 55.6 Å². The average Bonchev–Trinajstić information content (AvgIpc) is 3.48. The third-order valence-electron chi connectivity index (χ3n) is 7.94. The minimum atomic E-state index is -0.112. The quantitative estimate of drug-likeness (QED) is 0.249. The van der Waals surface area contributed by atoms with Gasteiger partial charge in [-0.1, -0.05) is 54.1 Å². The van der Waals surface area contributed by atoms with E-state index in [1.165, 1.54) is 49.9 Å². The molecule has 4 heteroatoms. The van der Waals surface area contributed by atoms with Crippen LogP contribution in [0.4, 0.5) is 0 Å². The maximum atomic E-state index is 3.72. The van der Waals surface area contributed by atoms with E-state index in [9.17, 15) is 0 Å². The second-order valence-corrected chi connectivity index (χ2v) is 11.4. The van der Waals surface area contributed by atoms with Crippen molar-refractivity contribution in [2.24, 2.45) is 0 Å². The fourth-order valence-electron chi connectivity index (χ4n) is 6.33. The number of nitrogens with zero attached hydrogens (tertiary/aromatic N) is 2. The van der Waals surface area contributed by atoms with Crippen molar-refractivity contribution >= 4 is 27.9 Å². The third kappa shape index (κ3) is 4.81. The fourth-order valence-corrected chi connectivity index (χ4v) is 6.33. The Morgan fingerprint density at radius 1 is 1.05 bits per heavy atom. The van der Waals surface area contributed by atoms with Crippen molar-refractivity contribution in [3.63, 3.8) is 0 Å². The van der Waals surface area contributed by atoms with E-state index >= 15 is 0 Å². The first kappa shape index (κ1) is 25.6. The summed E-state index contributed by atoms with van der Waals surface area (Å²) in [5.74, 6) is 0.413. The highest BCUT2D eigenvalue weighted by Crippen LogP contribution is 2.49. The molecule has 0 saturated heterocycles. The van der Waals surface area contributed by atoms with Gasteiger partial charge in [-0.15, -0.1) is 0 Å². The zero-order valence-corrected chi connectivity index (χ0v) is 23.4. The number of benzene rings is 2. The topological polar surface area (TPSA) is 36.0 Å². The van der Waals surface area contributed by atoms with Crippen LogP contribution in [0.3, 0.4) is 0 Å². The first-order chi connectivity index (χ1) is 17.8. The summed E-state index contributed by atoms with van der Waals surface area (Å²) in [7, 11) is 6.37. The number of hydrogen-bond donors (Lipinski definition) is 2. The van der Waals surface area contributed by atoms with Crippen LogP contribution in [-0.2, 0) is 18.4 Å². The number of para-hydroxylation sites is 2. The molecule has 0 bridgehead atoms. The van der Waals surface area contributed by atoms with E-state index in [4.69, 9.17) is 0 Å². The molecule has 5 rings (SSSR count). The number of nitrogens with one attached hydrogen (secondary N) is 2. The van der Waals surface area contributed by atoms with Gasteiger partial charge in [0.15, 0.2) is 0 Å². The Bertz CT molecular complexity index is 1460. The molecule has 0 saturated carbocycles. The normalized spacial score (nSPS) is 19.5. The van der Waals surface area contributed by atoms with Gasteiger partial charge in [0, 0.05) is 45.7 Å². The van der Waals surface area contributed by atoms with Crippen molar-refractivity contribution in [2.75, 3.05) is 34.2 Å². The summed E-state index contributed by atoms with van der Waals surface area (Å²) < 4.78 is 2.66. The average molecular weight is 495 g/mol. The lowest BCUT2D eigenvalue weighted by atomic mass is 9.88. The molecule has 0 unspecified atom stereocenters. The Morgan fingerprint density at radius 3 is 2.51 bits per heavy atom. The molecule has 1 aliphatic heterocycles. The van der Waals surface area contributed by atoms with Crippen LogP contribution in [0, 0.1) is 0 Å². The van der Waals surface area contributed by atoms with Crippen LogP contribution >= 0.6 is 0 Å². The van der Waals surface area contributed by atoms with E-state index in [0.717, 1.165) is 32.4 Å². The van der Waals surface area contributed by atoms with Crippen LogP contribution < -0.4 is 5.32 Å². The standard InChI is InChI=1S/C33H42N4/c1-23(2)21-24-22-33(3,18-15-30-26(16-19-34-4)25-11-7-9-13-29(25)35-30)37-31-14-10-8-12-27(31)28(32(24)37)17-20-36(5)6/h7-15,18,21,24,34-35H,16-17,19-20,22H2,1-6H3/b18-15+/t24-,33+/m0/s1. The maximum Gasteiger partial charge on any atom is 0.0616 e. The van der Waals surface area contributed by atoms with Crippen molar-refractivity contribution in [1.82, 2.24) is 19.8 Å². The van der Waals surface area contributed by atoms with Gasteiger partial charge in [-0.05, 0) is 97.1 Å². The van der Waals surface area contributed by atoms with Gasteiger partial charge >= 0.3 is 0 Å². The highest BCUT2D eigenvalue weighted by molar-refractivity contribution is 5.88. The molecule has 2 aromatic heterocycles. The molecule has 2 aromatic carbocycles. The largest absolute Gasteiger partial charge is 0.355 e. The van der Waals surface area contributed by atoms with Gasteiger partial charge in [0.25, 0.3) is 0 Å². The molecule has 0 aliphatic carbocycles. The maximum absolute atomic E-state index is 3.72. The molecule has 4 aromatic rings. The highest BCUT2D eigenvalue weighted by atomic mass is 15.1. The van der Waals surface area contributed by atoms with Gasteiger partial charge in [0.1, 0.15) is 0 Å². The lowest BCUT2D eigenvalue weighted by molar-refractivity contribution is 0.413. The van der Waals surface area contributed by atoms with Crippen LogP contribution in [-0.4, -0.2) is 48.7 Å². The Morgan fingerprint density at radius 2 is 1.78 bits per heavy atom. The van der Waals surface area contributed by atoms with Gasteiger partial charge in [-0.3, -0.25) is 0 Å². The summed E-state index contributed by atoms with van der Waals surface area (Å²) in [5, 5.41) is 6.07. The fraction of sp³-hybridized carbons (Fsp3) is 0.394. The Labute approximate surface area is 222 Å². The summed E-state index contributed by atoms with van der Waals surface area (Å²) in [6.07, 6.45) is 10.5. The number of aromatic amines is 1. The van der Waals surface area contributed by atoms with Gasteiger partial charge in [0.05, 0.1) is 5.54 Å². The molecule has 2 atom stereocenters. The number of fused-ring (bicyclic) bond motifs is 4. The molecule has 2 N–H and O–H groups in total. The third-order valence-corrected chi connectivity index (χ3v) is 7.94. The minimum absolute atomic E-state index is 0.112. The number of rotatable bonds is 9. The number of aromatic nitrogens is 2. The van der Waals surface area contributed by atoms with Crippen molar-refractivity contribution in [3.05, 3.63) is 88.8 Å². The van der Waals surface area contributed by atoms with E-state index in [1.54, 1.807) is 0 Å². The zero-order chi connectivity index (χ0) is 26.2. The molecule has 4 nitrogen and oxygen atoms in total. The summed E-state index contributed by atoms with van der Waals surface area (Å²) >= 11 is 0.